The van der Waals surface area contributed by atoms with Gasteiger partial charge in [-0.1, -0.05) is 31.5 Å². The molecule has 0 aliphatic carbocycles. The minimum Gasteiger partial charge on any atom is -0.371 e. The number of nitrogens with one attached hydrogen (secondary N) is 1. The average molecular weight is 255 g/mol. The smallest absolute Gasteiger partial charge is 0.273 e. The lowest BCUT2D eigenvalue weighted by atomic mass is 9.99. The molecule has 18 heavy (non-hydrogen) atoms. The number of ether oxygens (including phenoxy) is 1. The maximum Gasteiger partial charge on any atom is 0.273 e. The molecule has 100 valence electrons. The van der Waals surface area contributed by atoms with Crippen LogP contribution in [0.25, 0.3) is 0 Å². The number of rotatable bonds is 4. The Hall–Kier alpha value is -1.00. The second kappa shape index (κ2) is 5.76. The fourth-order valence-corrected chi connectivity index (χ4v) is 2.20. The van der Waals surface area contributed by atoms with Gasteiger partial charge >= 0.3 is 0 Å². The Balaban J connectivity index is 2.18. The molecule has 0 radical (unpaired) electrons. The van der Waals surface area contributed by atoms with Gasteiger partial charge in [0, 0.05) is 25.1 Å². The molecule has 1 fully saturated rings. The Morgan fingerprint density at radius 3 is 2.94 bits per heavy atom. The minimum absolute atomic E-state index is 0.0935. The minimum atomic E-state index is -2.74. The highest BCUT2D eigenvalue weighted by Gasteiger charge is 2.30. The normalized spacial score (nSPS) is 20.9. The Bertz CT molecular complexity index is 389. The van der Waals surface area contributed by atoms with Gasteiger partial charge in [-0.2, -0.15) is 0 Å². The summed E-state index contributed by atoms with van der Waals surface area (Å²) in [6.07, 6.45) is 0.245. The standard InChI is InChI=1S/C14H19F2NO/c1-2-6-14(15,16)12-5-3-4-11(9-12)13-10-17-7-8-18-13/h3-5,9,13,17H,2,6-8,10H2,1H3. The molecule has 2 nitrogen and oxygen atoms in total. The van der Waals surface area contributed by atoms with Crippen LogP contribution < -0.4 is 5.32 Å². The zero-order valence-corrected chi connectivity index (χ0v) is 10.6. The lowest BCUT2D eigenvalue weighted by molar-refractivity contribution is -0.0147. The monoisotopic (exact) mass is 255 g/mol. The molecular weight excluding hydrogens is 236 g/mol. The molecule has 0 spiro atoms. The van der Waals surface area contributed by atoms with Crippen LogP contribution in [0.1, 0.15) is 37.0 Å². The molecule has 1 aliphatic rings. The van der Waals surface area contributed by atoms with Crippen molar-refractivity contribution < 1.29 is 13.5 Å². The van der Waals surface area contributed by atoms with Crippen LogP contribution in [0.5, 0.6) is 0 Å². The first-order chi connectivity index (χ1) is 8.63. The van der Waals surface area contributed by atoms with Gasteiger partial charge in [-0.3, -0.25) is 0 Å². The van der Waals surface area contributed by atoms with E-state index in [4.69, 9.17) is 4.74 Å². The molecule has 1 unspecified atom stereocenters. The van der Waals surface area contributed by atoms with Crippen molar-refractivity contribution in [3.63, 3.8) is 0 Å². The fraction of sp³-hybridized carbons (Fsp3) is 0.571. The first kappa shape index (κ1) is 13.4. The zero-order valence-electron chi connectivity index (χ0n) is 10.6. The van der Waals surface area contributed by atoms with Crippen LogP contribution in [0.2, 0.25) is 0 Å². The third-order valence-electron chi connectivity index (χ3n) is 3.17. The third-order valence-corrected chi connectivity index (χ3v) is 3.17. The van der Waals surface area contributed by atoms with Crippen molar-refractivity contribution >= 4 is 0 Å². The van der Waals surface area contributed by atoms with E-state index in [2.05, 4.69) is 5.32 Å². The van der Waals surface area contributed by atoms with Gasteiger partial charge in [-0.15, -0.1) is 0 Å². The Morgan fingerprint density at radius 1 is 1.44 bits per heavy atom. The summed E-state index contributed by atoms with van der Waals surface area (Å²) in [7, 11) is 0. The molecule has 0 saturated carbocycles. The summed E-state index contributed by atoms with van der Waals surface area (Å²) in [5.41, 5.74) is 0.923. The van der Waals surface area contributed by atoms with E-state index in [1.807, 2.05) is 6.07 Å². The summed E-state index contributed by atoms with van der Waals surface area (Å²) in [6, 6.07) is 6.61. The molecular formula is C14H19F2NO. The predicted octanol–water partition coefficient (Wildman–Crippen LogP) is 3.24. The molecule has 1 saturated heterocycles. The van der Waals surface area contributed by atoms with Crippen molar-refractivity contribution in [2.75, 3.05) is 19.7 Å². The number of halogens is 2. The van der Waals surface area contributed by atoms with Crippen LogP contribution >= 0.6 is 0 Å². The number of benzene rings is 1. The summed E-state index contributed by atoms with van der Waals surface area (Å²) >= 11 is 0. The molecule has 1 heterocycles. The SMILES string of the molecule is CCCC(F)(F)c1cccc(C2CNCCO2)c1. The maximum atomic E-state index is 13.8. The summed E-state index contributed by atoms with van der Waals surface area (Å²) in [5, 5.41) is 3.20. The second-order valence-electron chi connectivity index (χ2n) is 4.64. The van der Waals surface area contributed by atoms with E-state index in [-0.39, 0.29) is 18.1 Å². The molecule has 1 aromatic carbocycles. The molecule has 0 amide bonds. The van der Waals surface area contributed by atoms with Gasteiger partial charge in [0.05, 0.1) is 12.7 Å². The molecule has 0 bridgehead atoms. The van der Waals surface area contributed by atoms with Gasteiger partial charge in [0.1, 0.15) is 0 Å². The van der Waals surface area contributed by atoms with Crippen LogP contribution in [0.4, 0.5) is 8.78 Å². The largest absolute Gasteiger partial charge is 0.371 e. The van der Waals surface area contributed by atoms with E-state index >= 15 is 0 Å². The maximum absolute atomic E-state index is 13.8. The number of hydrogen-bond donors (Lipinski definition) is 1. The van der Waals surface area contributed by atoms with Crippen molar-refractivity contribution in [2.24, 2.45) is 0 Å². The topological polar surface area (TPSA) is 21.3 Å². The van der Waals surface area contributed by atoms with Crippen LogP contribution in [-0.4, -0.2) is 19.7 Å². The van der Waals surface area contributed by atoms with Crippen LogP contribution in [0, 0.1) is 0 Å². The van der Waals surface area contributed by atoms with E-state index < -0.39 is 5.92 Å². The summed E-state index contributed by atoms with van der Waals surface area (Å²) in [6.45, 7) is 3.90. The van der Waals surface area contributed by atoms with Crippen molar-refractivity contribution in [2.45, 2.75) is 31.8 Å². The highest BCUT2D eigenvalue weighted by Crippen LogP contribution is 2.34. The fourth-order valence-electron chi connectivity index (χ4n) is 2.20. The molecule has 0 aromatic heterocycles. The van der Waals surface area contributed by atoms with E-state index in [0.29, 0.717) is 19.6 Å². The van der Waals surface area contributed by atoms with Gasteiger partial charge in [-0.05, 0) is 11.6 Å². The first-order valence-corrected chi connectivity index (χ1v) is 6.44. The van der Waals surface area contributed by atoms with E-state index in [1.165, 1.54) is 6.07 Å². The molecule has 4 heteroatoms. The number of alkyl halides is 2. The third kappa shape index (κ3) is 3.06. The first-order valence-electron chi connectivity index (χ1n) is 6.44. The van der Waals surface area contributed by atoms with E-state index in [9.17, 15) is 8.78 Å². The molecule has 1 atom stereocenters. The second-order valence-corrected chi connectivity index (χ2v) is 4.64. The number of morpholine rings is 1. The highest BCUT2D eigenvalue weighted by molar-refractivity contribution is 5.28. The van der Waals surface area contributed by atoms with Crippen LogP contribution in [0.3, 0.4) is 0 Å². The summed E-state index contributed by atoms with van der Waals surface area (Å²) in [4.78, 5) is 0. The quantitative estimate of drug-likeness (QED) is 0.891. The van der Waals surface area contributed by atoms with Crippen molar-refractivity contribution in [1.29, 1.82) is 0 Å². The predicted molar refractivity (Wildman–Crippen MR) is 66.8 cm³/mol. The Labute approximate surface area is 106 Å². The summed E-state index contributed by atoms with van der Waals surface area (Å²) in [5.74, 6) is -2.74. The van der Waals surface area contributed by atoms with Gasteiger partial charge < -0.3 is 10.1 Å². The van der Waals surface area contributed by atoms with E-state index in [1.54, 1.807) is 19.1 Å². The van der Waals surface area contributed by atoms with E-state index in [0.717, 1.165) is 12.1 Å². The Kier molecular flexibility index (Phi) is 4.30. The van der Waals surface area contributed by atoms with Crippen molar-refractivity contribution in [1.82, 2.24) is 5.32 Å². The highest BCUT2D eigenvalue weighted by atomic mass is 19.3. The molecule has 1 aromatic rings. The van der Waals surface area contributed by atoms with Crippen molar-refractivity contribution in [3.8, 4) is 0 Å². The zero-order chi connectivity index (χ0) is 13.0. The van der Waals surface area contributed by atoms with Crippen LogP contribution in [0.15, 0.2) is 24.3 Å². The van der Waals surface area contributed by atoms with Gasteiger partial charge in [-0.25, -0.2) is 8.78 Å². The lowest BCUT2D eigenvalue weighted by Gasteiger charge is -2.25. The average Bonchev–Trinajstić information content (AvgIpc) is 2.40. The molecule has 1 N–H and O–H groups in total. The van der Waals surface area contributed by atoms with Crippen LogP contribution in [-0.2, 0) is 10.7 Å². The molecule has 2 rings (SSSR count). The Morgan fingerprint density at radius 2 is 2.28 bits per heavy atom. The van der Waals surface area contributed by atoms with Gasteiger partial charge in [0.2, 0.25) is 0 Å². The number of hydrogen-bond acceptors (Lipinski definition) is 2. The van der Waals surface area contributed by atoms with Gasteiger partial charge in [0.15, 0.2) is 0 Å². The lowest BCUT2D eigenvalue weighted by Crippen LogP contribution is -2.33. The van der Waals surface area contributed by atoms with Crippen molar-refractivity contribution in [3.05, 3.63) is 35.4 Å². The summed E-state index contributed by atoms with van der Waals surface area (Å²) < 4.78 is 33.3. The van der Waals surface area contributed by atoms with Gasteiger partial charge in [0.25, 0.3) is 5.92 Å². The molecule has 1 aliphatic heterocycles.